The zero-order valence-corrected chi connectivity index (χ0v) is 17.0. The maximum absolute atomic E-state index is 12.8. The van der Waals surface area contributed by atoms with Gasteiger partial charge in [0.1, 0.15) is 10.9 Å². The van der Waals surface area contributed by atoms with Crippen molar-refractivity contribution >= 4 is 44.8 Å². The van der Waals surface area contributed by atoms with Crippen LogP contribution < -0.4 is 10.9 Å². The highest BCUT2D eigenvalue weighted by atomic mass is 32.1. The molecule has 2 heterocycles. The van der Waals surface area contributed by atoms with Crippen LogP contribution in [0.1, 0.15) is 42.1 Å². The number of aryl methyl sites for hydroxylation is 1. The second kappa shape index (κ2) is 7.64. The van der Waals surface area contributed by atoms with Crippen molar-refractivity contribution in [3.63, 3.8) is 0 Å². The van der Waals surface area contributed by atoms with E-state index < -0.39 is 0 Å². The van der Waals surface area contributed by atoms with Gasteiger partial charge in [-0.3, -0.25) is 9.59 Å². The summed E-state index contributed by atoms with van der Waals surface area (Å²) in [6.07, 6.45) is 4.64. The van der Waals surface area contributed by atoms with Gasteiger partial charge >= 0.3 is 0 Å². The van der Waals surface area contributed by atoms with Crippen LogP contribution in [0.5, 0.6) is 0 Å². The van der Waals surface area contributed by atoms with Gasteiger partial charge in [-0.15, -0.1) is 11.3 Å². The largest absolute Gasteiger partial charge is 0.326 e. The number of amides is 1. The Morgan fingerprint density at radius 2 is 2.14 bits per heavy atom. The molecular formula is C22H20N4O2S. The molecule has 2 N–H and O–H groups in total. The number of aromatic nitrogens is 2. The smallest absolute Gasteiger partial charge is 0.260 e. The predicted octanol–water partition coefficient (Wildman–Crippen LogP) is 4.13. The van der Waals surface area contributed by atoms with Gasteiger partial charge in [-0.2, -0.15) is 5.26 Å². The van der Waals surface area contributed by atoms with Crippen LogP contribution in [0.15, 0.2) is 29.1 Å². The normalized spacial score (nSPS) is 16.3. The molecule has 1 aromatic carbocycles. The zero-order chi connectivity index (χ0) is 20.5. The van der Waals surface area contributed by atoms with E-state index in [9.17, 15) is 14.9 Å². The molecule has 0 aliphatic heterocycles. The maximum Gasteiger partial charge on any atom is 0.260 e. The van der Waals surface area contributed by atoms with Gasteiger partial charge in [-0.05, 0) is 54.5 Å². The number of thiophene rings is 1. The summed E-state index contributed by atoms with van der Waals surface area (Å²) in [5.41, 5.74) is 2.69. The molecule has 146 valence electrons. The topological polar surface area (TPSA) is 98.6 Å². The van der Waals surface area contributed by atoms with Crippen molar-refractivity contribution in [3.8, 4) is 6.07 Å². The quantitative estimate of drug-likeness (QED) is 0.641. The average molecular weight is 404 g/mol. The summed E-state index contributed by atoms with van der Waals surface area (Å²) in [7, 11) is 0. The first kappa shape index (κ1) is 19.1. The van der Waals surface area contributed by atoms with E-state index in [1.807, 2.05) is 0 Å². The van der Waals surface area contributed by atoms with Gasteiger partial charge in [0.15, 0.2) is 5.82 Å². The van der Waals surface area contributed by atoms with Gasteiger partial charge in [0.2, 0.25) is 5.91 Å². The minimum Gasteiger partial charge on any atom is -0.326 e. The van der Waals surface area contributed by atoms with Crippen molar-refractivity contribution < 1.29 is 4.79 Å². The third-order valence-corrected chi connectivity index (χ3v) is 6.23. The lowest BCUT2D eigenvalue weighted by Gasteiger charge is -2.17. The van der Waals surface area contributed by atoms with Crippen molar-refractivity contribution in [2.45, 2.75) is 33.1 Å². The van der Waals surface area contributed by atoms with Crippen LogP contribution in [0, 0.1) is 17.2 Å². The van der Waals surface area contributed by atoms with E-state index in [0.29, 0.717) is 21.8 Å². The zero-order valence-electron chi connectivity index (χ0n) is 16.2. The summed E-state index contributed by atoms with van der Waals surface area (Å²) in [6.45, 7) is 3.67. The summed E-state index contributed by atoms with van der Waals surface area (Å²) in [5.74, 6) is 0.751. The number of H-pyrrole nitrogens is 1. The van der Waals surface area contributed by atoms with E-state index in [0.717, 1.165) is 30.4 Å². The van der Waals surface area contributed by atoms with E-state index in [2.05, 4.69) is 28.3 Å². The van der Waals surface area contributed by atoms with Crippen molar-refractivity contribution in [1.29, 1.82) is 5.26 Å². The first-order chi connectivity index (χ1) is 13.9. The highest BCUT2D eigenvalue weighted by molar-refractivity contribution is 7.18. The number of nitriles is 1. The highest BCUT2D eigenvalue weighted by Crippen LogP contribution is 2.35. The molecule has 6 nitrogen and oxygen atoms in total. The molecule has 0 radical (unpaired) electrons. The molecule has 1 aliphatic carbocycles. The maximum atomic E-state index is 12.8. The first-order valence-electron chi connectivity index (χ1n) is 9.49. The molecule has 1 atom stereocenters. The van der Waals surface area contributed by atoms with Gasteiger partial charge in [-0.1, -0.05) is 19.1 Å². The van der Waals surface area contributed by atoms with E-state index in [1.165, 1.54) is 11.8 Å². The van der Waals surface area contributed by atoms with E-state index in [1.54, 1.807) is 41.7 Å². The molecule has 0 fully saturated rings. The van der Waals surface area contributed by atoms with Crippen LogP contribution in [0.4, 0.5) is 5.69 Å². The molecule has 1 amide bonds. The number of hydrogen-bond donors (Lipinski definition) is 2. The van der Waals surface area contributed by atoms with Crippen LogP contribution in [-0.4, -0.2) is 15.9 Å². The molecule has 7 heteroatoms. The van der Waals surface area contributed by atoms with Crippen LogP contribution in [0.2, 0.25) is 0 Å². The Morgan fingerprint density at radius 3 is 2.83 bits per heavy atom. The predicted molar refractivity (Wildman–Crippen MR) is 116 cm³/mol. The van der Waals surface area contributed by atoms with Crippen molar-refractivity contribution in [1.82, 2.24) is 9.97 Å². The molecule has 4 rings (SSSR count). The number of fused-ring (bicyclic) bond motifs is 3. The van der Waals surface area contributed by atoms with Gasteiger partial charge in [0, 0.05) is 17.5 Å². The van der Waals surface area contributed by atoms with Crippen LogP contribution in [0.25, 0.3) is 21.9 Å². The van der Waals surface area contributed by atoms with Crippen LogP contribution in [0.3, 0.4) is 0 Å². The summed E-state index contributed by atoms with van der Waals surface area (Å²) in [6, 6.07) is 9.25. The standard InChI is InChI=1S/C22H20N4O2S/c1-12-3-8-17-18(9-12)29-22-19(17)21(28)25-20(26-22)15(11-23)10-14-4-6-16(7-5-14)24-13(2)27/h4-7,10,12H,3,8-9H2,1-2H3,(H,24,27)(H,25,26,28)/b15-10+/t12-/m0/s1. The number of nitrogens with one attached hydrogen (secondary N) is 2. The number of rotatable bonds is 3. The minimum absolute atomic E-state index is 0.144. The molecule has 29 heavy (non-hydrogen) atoms. The molecule has 0 saturated carbocycles. The van der Waals surface area contributed by atoms with Crippen molar-refractivity contribution in [2.75, 3.05) is 5.32 Å². The van der Waals surface area contributed by atoms with Crippen LogP contribution in [-0.2, 0) is 17.6 Å². The fourth-order valence-corrected chi connectivity index (χ4v) is 5.05. The Kier molecular flexibility index (Phi) is 5.03. The van der Waals surface area contributed by atoms with Crippen LogP contribution >= 0.6 is 11.3 Å². The Bertz CT molecular complexity index is 1230. The molecule has 0 saturated heterocycles. The number of allylic oxidation sites excluding steroid dienone is 1. The van der Waals surface area contributed by atoms with Crippen molar-refractivity contribution in [3.05, 3.63) is 56.4 Å². The van der Waals surface area contributed by atoms with Gasteiger partial charge < -0.3 is 10.3 Å². The molecular weight excluding hydrogens is 384 g/mol. The molecule has 0 spiro atoms. The number of nitrogens with zero attached hydrogens (tertiary/aromatic N) is 2. The third kappa shape index (κ3) is 3.84. The number of anilines is 1. The number of benzene rings is 1. The van der Waals surface area contributed by atoms with Crippen molar-refractivity contribution in [2.24, 2.45) is 5.92 Å². The Labute approximate surface area is 171 Å². The lowest BCUT2D eigenvalue weighted by atomic mass is 9.89. The fraction of sp³-hybridized carbons (Fsp3) is 0.273. The number of aromatic amines is 1. The second-order valence-electron chi connectivity index (χ2n) is 7.42. The Morgan fingerprint density at radius 1 is 1.38 bits per heavy atom. The summed E-state index contributed by atoms with van der Waals surface area (Å²) < 4.78 is 0. The number of carbonyl (C=O) groups excluding carboxylic acids is 1. The average Bonchev–Trinajstić information content (AvgIpc) is 3.04. The van der Waals surface area contributed by atoms with E-state index in [-0.39, 0.29) is 22.9 Å². The first-order valence-corrected chi connectivity index (χ1v) is 10.3. The summed E-state index contributed by atoms with van der Waals surface area (Å²) in [4.78, 5) is 33.2. The van der Waals surface area contributed by atoms with Gasteiger partial charge in [0.25, 0.3) is 5.56 Å². The van der Waals surface area contributed by atoms with E-state index in [4.69, 9.17) is 0 Å². The summed E-state index contributed by atoms with van der Waals surface area (Å²) in [5, 5.41) is 13.0. The van der Waals surface area contributed by atoms with E-state index >= 15 is 0 Å². The minimum atomic E-state index is -0.181. The molecule has 0 bridgehead atoms. The number of carbonyl (C=O) groups is 1. The molecule has 2 aromatic heterocycles. The van der Waals surface area contributed by atoms with Gasteiger partial charge in [-0.25, -0.2) is 4.98 Å². The lowest BCUT2D eigenvalue weighted by Crippen LogP contribution is -2.14. The second-order valence-corrected chi connectivity index (χ2v) is 8.50. The lowest BCUT2D eigenvalue weighted by molar-refractivity contribution is -0.114. The SMILES string of the molecule is CC(=O)Nc1ccc(/C=C(\C#N)c2nc3sc4c(c3c(=O)[nH]2)CC[C@H](C)C4)cc1. The van der Waals surface area contributed by atoms with Gasteiger partial charge in [0.05, 0.1) is 11.0 Å². The molecule has 1 aliphatic rings. The monoisotopic (exact) mass is 404 g/mol. The molecule has 0 unspecified atom stereocenters. The Hall–Kier alpha value is -3.24. The number of hydrogen-bond acceptors (Lipinski definition) is 5. The Balaban J connectivity index is 1.72. The fourth-order valence-electron chi connectivity index (χ4n) is 3.66. The molecule has 3 aromatic rings. The highest BCUT2D eigenvalue weighted by Gasteiger charge is 2.23. The third-order valence-electron chi connectivity index (χ3n) is 5.08. The summed E-state index contributed by atoms with van der Waals surface area (Å²) >= 11 is 1.57.